The molecule has 7 nitrogen and oxygen atoms in total. The number of halogens is 1. The number of nitrogens with zero attached hydrogens (tertiary/aromatic N) is 2. The predicted molar refractivity (Wildman–Crippen MR) is 166 cm³/mol. The summed E-state index contributed by atoms with van der Waals surface area (Å²) in [6.07, 6.45) is 2.11. The molecule has 0 heterocycles. The van der Waals surface area contributed by atoms with Crippen molar-refractivity contribution >= 4 is 39.1 Å². The number of carbonyl (C=O) groups is 2. The maximum absolute atomic E-state index is 14.1. The average molecular weight is 598 g/mol. The van der Waals surface area contributed by atoms with Crippen molar-refractivity contribution in [1.82, 2.24) is 10.2 Å². The summed E-state index contributed by atoms with van der Waals surface area (Å²) in [5, 5.41) is 3.49. The Morgan fingerprint density at radius 3 is 2.10 bits per heavy atom. The molecule has 3 rings (SSSR count). The lowest BCUT2D eigenvalue weighted by Crippen LogP contribution is -2.52. The molecule has 0 spiro atoms. The molecule has 41 heavy (non-hydrogen) atoms. The van der Waals surface area contributed by atoms with Gasteiger partial charge in [0.25, 0.3) is 10.0 Å². The van der Waals surface area contributed by atoms with Crippen LogP contribution in [0, 0.1) is 0 Å². The highest BCUT2D eigenvalue weighted by Crippen LogP contribution is 2.27. The van der Waals surface area contributed by atoms with Gasteiger partial charge in [-0.05, 0) is 66.3 Å². The third-order valence-electron chi connectivity index (χ3n) is 6.94. The lowest BCUT2D eigenvalue weighted by molar-refractivity contribution is -0.140. The predicted octanol–water partition coefficient (Wildman–Crippen LogP) is 6.38. The molecule has 3 aromatic carbocycles. The summed E-state index contributed by atoms with van der Waals surface area (Å²) in [6.45, 7) is 8.16. The van der Waals surface area contributed by atoms with E-state index in [-0.39, 0.29) is 23.3 Å². The second-order valence-corrected chi connectivity index (χ2v) is 12.6. The second kappa shape index (κ2) is 15.0. The van der Waals surface area contributed by atoms with Crippen molar-refractivity contribution in [2.45, 2.75) is 70.4 Å². The van der Waals surface area contributed by atoms with Crippen LogP contribution in [0.4, 0.5) is 5.69 Å². The van der Waals surface area contributed by atoms with E-state index in [1.54, 1.807) is 54.6 Å². The fourth-order valence-electron chi connectivity index (χ4n) is 4.49. The van der Waals surface area contributed by atoms with E-state index in [2.05, 4.69) is 19.2 Å². The first-order valence-corrected chi connectivity index (χ1v) is 15.9. The molecule has 0 saturated carbocycles. The zero-order chi connectivity index (χ0) is 30.0. The largest absolute Gasteiger partial charge is 0.354 e. The minimum Gasteiger partial charge on any atom is -0.354 e. The first kappa shape index (κ1) is 32.2. The Balaban J connectivity index is 2.03. The first-order chi connectivity index (χ1) is 19.6. The van der Waals surface area contributed by atoms with Crippen LogP contribution in [0.3, 0.4) is 0 Å². The Labute approximate surface area is 249 Å². The van der Waals surface area contributed by atoms with Crippen LogP contribution in [-0.2, 0) is 26.2 Å². The Morgan fingerprint density at radius 1 is 0.902 bits per heavy atom. The van der Waals surface area contributed by atoms with Gasteiger partial charge in [0.15, 0.2) is 0 Å². The number of nitrogens with one attached hydrogen (secondary N) is 1. The van der Waals surface area contributed by atoms with Gasteiger partial charge in [-0.1, -0.05) is 88.2 Å². The molecule has 0 saturated heterocycles. The van der Waals surface area contributed by atoms with E-state index in [1.807, 2.05) is 26.0 Å². The Morgan fingerprint density at radius 2 is 1.54 bits per heavy atom. The SMILES string of the molecule is CCCCNC(=O)C(CC)N(Cc1ccc(Cl)cc1)C(=O)CN(c1ccc(C(C)C)cc1)S(=O)(=O)c1ccccc1. The molecule has 1 unspecified atom stereocenters. The lowest BCUT2D eigenvalue weighted by atomic mass is 10.0. The summed E-state index contributed by atoms with van der Waals surface area (Å²) in [7, 11) is -4.10. The van der Waals surface area contributed by atoms with Crippen LogP contribution in [-0.4, -0.2) is 44.3 Å². The van der Waals surface area contributed by atoms with Crippen LogP contribution < -0.4 is 9.62 Å². The Bertz CT molecular complexity index is 1380. The third-order valence-corrected chi connectivity index (χ3v) is 8.98. The van der Waals surface area contributed by atoms with Crippen molar-refractivity contribution in [3.63, 3.8) is 0 Å². The molecular formula is C32H40ClN3O4S. The molecule has 0 fully saturated rings. The average Bonchev–Trinajstić information content (AvgIpc) is 2.97. The van der Waals surface area contributed by atoms with Gasteiger partial charge in [-0.25, -0.2) is 8.42 Å². The number of anilines is 1. The topological polar surface area (TPSA) is 86.8 Å². The van der Waals surface area contributed by atoms with Crippen molar-refractivity contribution in [3.05, 3.63) is 95.0 Å². The van der Waals surface area contributed by atoms with Crippen LogP contribution >= 0.6 is 11.6 Å². The van der Waals surface area contributed by atoms with Gasteiger partial charge in [0.05, 0.1) is 10.6 Å². The van der Waals surface area contributed by atoms with Crippen LogP contribution in [0.2, 0.25) is 5.02 Å². The summed E-state index contributed by atoms with van der Waals surface area (Å²) < 4.78 is 29.0. The van der Waals surface area contributed by atoms with Gasteiger partial charge < -0.3 is 10.2 Å². The molecule has 1 atom stereocenters. The molecule has 0 aliphatic rings. The van der Waals surface area contributed by atoms with E-state index in [1.165, 1.54) is 17.0 Å². The molecule has 0 radical (unpaired) electrons. The number of hydrogen-bond acceptors (Lipinski definition) is 4. The molecule has 220 valence electrons. The van der Waals surface area contributed by atoms with Crippen molar-refractivity contribution in [1.29, 1.82) is 0 Å². The number of rotatable bonds is 14. The zero-order valence-corrected chi connectivity index (χ0v) is 25.8. The second-order valence-electron chi connectivity index (χ2n) is 10.3. The maximum Gasteiger partial charge on any atom is 0.264 e. The number of unbranched alkanes of at least 4 members (excludes halogenated alkanes) is 1. The fourth-order valence-corrected chi connectivity index (χ4v) is 6.05. The van der Waals surface area contributed by atoms with Crippen molar-refractivity contribution in [3.8, 4) is 0 Å². The van der Waals surface area contributed by atoms with E-state index in [9.17, 15) is 18.0 Å². The molecule has 3 aromatic rings. The number of carbonyl (C=O) groups excluding carboxylic acids is 2. The van der Waals surface area contributed by atoms with E-state index in [0.29, 0.717) is 23.7 Å². The fraction of sp³-hybridized carbons (Fsp3) is 0.375. The third kappa shape index (κ3) is 8.57. The van der Waals surface area contributed by atoms with Gasteiger partial charge in [0, 0.05) is 18.1 Å². The van der Waals surface area contributed by atoms with E-state index in [4.69, 9.17) is 11.6 Å². The van der Waals surface area contributed by atoms with Crippen LogP contribution in [0.5, 0.6) is 0 Å². The molecule has 0 aliphatic heterocycles. The van der Waals surface area contributed by atoms with Crippen molar-refractivity contribution in [2.24, 2.45) is 0 Å². The normalized spacial score (nSPS) is 12.1. The minimum absolute atomic E-state index is 0.0781. The highest BCUT2D eigenvalue weighted by molar-refractivity contribution is 7.92. The summed E-state index contributed by atoms with van der Waals surface area (Å²) in [5.74, 6) is -0.483. The van der Waals surface area contributed by atoms with Gasteiger partial charge in [-0.2, -0.15) is 0 Å². The van der Waals surface area contributed by atoms with Crippen LogP contribution in [0.1, 0.15) is 64.0 Å². The maximum atomic E-state index is 14.1. The van der Waals surface area contributed by atoms with Gasteiger partial charge in [0.2, 0.25) is 11.8 Å². The Hall–Kier alpha value is -3.36. The minimum atomic E-state index is -4.10. The molecule has 0 aromatic heterocycles. The number of amides is 2. The molecule has 0 bridgehead atoms. The molecule has 2 amide bonds. The molecule has 0 aliphatic carbocycles. The van der Waals surface area contributed by atoms with E-state index >= 15 is 0 Å². The molecule has 9 heteroatoms. The monoisotopic (exact) mass is 597 g/mol. The number of hydrogen-bond donors (Lipinski definition) is 1. The zero-order valence-electron chi connectivity index (χ0n) is 24.2. The standard InChI is InChI=1S/C32H40ClN3O4S/c1-5-7-21-34-32(38)30(6-2)35(22-25-13-17-27(33)18-14-25)31(37)23-36(28-19-15-26(16-20-28)24(3)4)41(39,40)29-11-9-8-10-12-29/h8-20,24,30H,5-7,21-23H2,1-4H3,(H,34,38). The molecular weight excluding hydrogens is 558 g/mol. The highest BCUT2D eigenvalue weighted by atomic mass is 35.5. The van der Waals surface area contributed by atoms with Gasteiger partial charge >= 0.3 is 0 Å². The highest BCUT2D eigenvalue weighted by Gasteiger charge is 2.33. The summed E-state index contributed by atoms with van der Waals surface area (Å²) >= 11 is 6.08. The van der Waals surface area contributed by atoms with Crippen LogP contribution in [0.15, 0.2) is 83.8 Å². The van der Waals surface area contributed by atoms with Crippen molar-refractivity contribution in [2.75, 3.05) is 17.4 Å². The quantitative estimate of drug-likeness (QED) is 0.218. The Kier molecular flexibility index (Phi) is 11.8. The van der Waals surface area contributed by atoms with Crippen molar-refractivity contribution < 1.29 is 18.0 Å². The van der Waals surface area contributed by atoms with Gasteiger partial charge in [0.1, 0.15) is 12.6 Å². The van der Waals surface area contributed by atoms with E-state index in [0.717, 1.165) is 28.3 Å². The summed E-state index contributed by atoms with van der Waals surface area (Å²) in [4.78, 5) is 28.9. The lowest BCUT2D eigenvalue weighted by Gasteiger charge is -2.33. The number of sulfonamides is 1. The molecule has 1 N–H and O–H groups in total. The van der Waals surface area contributed by atoms with Gasteiger partial charge in [-0.3, -0.25) is 13.9 Å². The summed E-state index contributed by atoms with van der Waals surface area (Å²) in [5.41, 5.74) is 2.20. The van der Waals surface area contributed by atoms with Gasteiger partial charge in [-0.15, -0.1) is 0 Å². The summed E-state index contributed by atoms with van der Waals surface area (Å²) in [6, 6.07) is 21.5. The number of benzene rings is 3. The van der Waals surface area contributed by atoms with E-state index < -0.39 is 28.5 Å². The van der Waals surface area contributed by atoms with Crippen LogP contribution in [0.25, 0.3) is 0 Å². The smallest absolute Gasteiger partial charge is 0.264 e. The first-order valence-electron chi connectivity index (χ1n) is 14.1.